The van der Waals surface area contributed by atoms with Gasteiger partial charge in [0.2, 0.25) is 0 Å². The number of nitrogens with zero attached hydrogens (tertiary/aromatic N) is 4. The van der Waals surface area contributed by atoms with Gasteiger partial charge in [0.25, 0.3) is 0 Å². The number of halogens is 2. The number of hydrogen-bond acceptors (Lipinski definition) is 3. The molecule has 0 unspecified atom stereocenters. The molecule has 104 valence electrons. The van der Waals surface area contributed by atoms with Crippen molar-refractivity contribution in [3.8, 4) is 5.75 Å². The highest BCUT2D eigenvalue weighted by Crippen LogP contribution is 2.22. The minimum Gasteiger partial charge on any atom is -0.435 e. The molecule has 0 bridgehead atoms. The first kappa shape index (κ1) is 12.6. The Bertz CT molecular complexity index is 721. The number of hydrogen-bond donors (Lipinski definition) is 0. The van der Waals surface area contributed by atoms with E-state index in [1.807, 2.05) is 22.4 Å². The molecule has 2 aromatic heterocycles. The molecule has 3 aromatic rings. The van der Waals surface area contributed by atoms with Crippen molar-refractivity contribution in [2.24, 2.45) is 7.05 Å². The van der Waals surface area contributed by atoms with E-state index in [1.54, 1.807) is 18.6 Å². The van der Waals surface area contributed by atoms with E-state index in [4.69, 9.17) is 0 Å². The number of benzene rings is 1. The molecule has 1 aromatic carbocycles. The molecule has 0 aliphatic rings. The van der Waals surface area contributed by atoms with E-state index in [-0.39, 0.29) is 5.75 Å². The Morgan fingerprint density at radius 1 is 1.35 bits per heavy atom. The molecule has 0 fully saturated rings. The molecule has 0 radical (unpaired) electrons. The second kappa shape index (κ2) is 4.92. The van der Waals surface area contributed by atoms with Crippen molar-refractivity contribution >= 4 is 11.0 Å². The third-order valence-electron chi connectivity index (χ3n) is 3.05. The molecule has 0 saturated carbocycles. The highest BCUT2D eigenvalue weighted by Gasteiger charge is 2.11. The van der Waals surface area contributed by atoms with Crippen LogP contribution in [0.1, 0.15) is 5.82 Å². The quantitative estimate of drug-likeness (QED) is 0.736. The van der Waals surface area contributed by atoms with Gasteiger partial charge in [-0.25, -0.2) is 9.97 Å². The van der Waals surface area contributed by atoms with E-state index >= 15 is 0 Å². The fraction of sp³-hybridized carbons (Fsp3) is 0.231. The van der Waals surface area contributed by atoms with Gasteiger partial charge in [-0.3, -0.25) is 0 Å². The van der Waals surface area contributed by atoms with Crippen molar-refractivity contribution in [2.45, 2.75) is 13.2 Å². The fourth-order valence-electron chi connectivity index (χ4n) is 2.09. The Hall–Kier alpha value is -2.44. The molecule has 0 aliphatic heterocycles. The molecule has 2 heterocycles. The average molecular weight is 278 g/mol. The maximum Gasteiger partial charge on any atom is 0.387 e. The Kier molecular flexibility index (Phi) is 3.09. The molecule has 0 aliphatic carbocycles. The largest absolute Gasteiger partial charge is 0.435 e. The standard InChI is InChI=1S/C13H12F2N4O/c1-18-11-3-2-9(20-13(14)15)6-10(11)17-12(18)7-19-5-4-16-8-19/h2-6,8,13H,7H2,1H3. The van der Waals surface area contributed by atoms with Gasteiger partial charge in [-0.05, 0) is 12.1 Å². The topological polar surface area (TPSA) is 44.9 Å². The van der Waals surface area contributed by atoms with Crippen molar-refractivity contribution in [3.05, 3.63) is 42.7 Å². The van der Waals surface area contributed by atoms with Crippen LogP contribution in [0.25, 0.3) is 11.0 Å². The summed E-state index contributed by atoms with van der Waals surface area (Å²) >= 11 is 0. The van der Waals surface area contributed by atoms with Gasteiger partial charge < -0.3 is 13.9 Å². The Morgan fingerprint density at radius 2 is 2.20 bits per heavy atom. The summed E-state index contributed by atoms with van der Waals surface area (Å²) in [6.45, 7) is -2.27. The zero-order chi connectivity index (χ0) is 14.1. The predicted octanol–water partition coefficient (Wildman–Crippen LogP) is 2.42. The second-order valence-corrected chi connectivity index (χ2v) is 4.35. The number of imidazole rings is 2. The third kappa shape index (κ3) is 2.34. The first-order valence-electron chi connectivity index (χ1n) is 5.99. The van der Waals surface area contributed by atoms with E-state index in [0.717, 1.165) is 11.3 Å². The molecule has 0 N–H and O–H groups in total. The van der Waals surface area contributed by atoms with Crippen LogP contribution < -0.4 is 4.74 Å². The number of fused-ring (bicyclic) bond motifs is 1. The van der Waals surface area contributed by atoms with Crippen molar-refractivity contribution in [3.63, 3.8) is 0 Å². The van der Waals surface area contributed by atoms with Gasteiger partial charge in [-0.15, -0.1) is 0 Å². The minimum absolute atomic E-state index is 0.111. The molecule has 3 rings (SSSR count). The molecule has 20 heavy (non-hydrogen) atoms. The van der Waals surface area contributed by atoms with Gasteiger partial charge in [0.15, 0.2) is 0 Å². The summed E-state index contributed by atoms with van der Waals surface area (Å²) in [7, 11) is 1.88. The maximum absolute atomic E-state index is 12.2. The Morgan fingerprint density at radius 3 is 2.90 bits per heavy atom. The second-order valence-electron chi connectivity index (χ2n) is 4.35. The first-order chi connectivity index (χ1) is 9.63. The first-order valence-corrected chi connectivity index (χ1v) is 5.99. The number of aryl methyl sites for hydroxylation is 1. The lowest BCUT2D eigenvalue weighted by atomic mass is 10.3. The number of rotatable bonds is 4. The van der Waals surface area contributed by atoms with Crippen LogP contribution in [0.4, 0.5) is 8.78 Å². The zero-order valence-electron chi connectivity index (χ0n) is 10.7. The van der Waals surface area contributed by atoms with Crippen LogP contribution in [0, 0.1) is 0 Å². The van der Waals surface area contributed by atoms with E-state index in [0.29, 0.717) is 12.1 Å². The molecule has 5 nitrogen and oxygen atoms in total. The average Bonchev–Trinajstić information content (AvgIpc) is 2.99. The van der Waals surface area contributed by atoms with Crippen LogP contribution in [-0.4, -0.2) is 25.7 Å². The zero-order valence-corrected chi connectivity index (χ0v) is 10.7. The smallest absolute Gasteiger partial charge is 0.387 e. The summed E-state index contributed by atoms with van der Waals surface area (Å²) < 4.78 is 32.6. The van der Waals surface area contributed by atoms with Crippen molar-refractivity contribution in [1.29, 1.82) is 0 Å². The summed E-state index contributed by atoms with van der Waals surface area (Å²) in [6.07, 6.45) is 5.23. The Labute approximate surface area is 113 Å². The maximum atomic E-state index is 12.2. The van der Waals surface area contributed by atoms with Gasteiger partial charge in [0, 0.05) is 25.5 Å². The number of aromatic nitrogens is 4. The van der Waals surface area contributed by atoms with Crippen LogP contribution in [-0.2, 0) is 13.6 Å². The minimum atomic E-state index is -2.83. The molecule has 0 saturated heterocycles. The van der Waals surface area contributed by atoms with Gasteiger partial charge in [0.1, 0.15) is 11.6 Å². The van der Waals surface area contributed by atoms with Gasteiger partial charge in [0.05, 0.1) is 23.9 Å². The fourth-order valence-corrected chi connectivity index (χ4v) is 2.09. The summed E-state index contributed by atoms with van der Waals surface area (Å²) in [6, 6.07) is 4.74. The van der Waals surface area contributed by atoms with Crippen LogP contribution in [0.15, 0.2) is 36.9 Å². The van der Waals surface area contributed by atoms with E-state index in [1.165, 1.54) is 12.1 Å². The highest BCUT2D eigenvalue weighted by molar-refractivity contribution is 5.77. The van der Waals surface area contributed by atoms with Gasteiger partial charge in [-0.1, -0.05) is 0 Å². The monoisotopic (exact) mass is 278 g/mol. The van der Waals surface area contributed by atoms with Crippen LogP contribution in [0.2, 0.25) is 0 Å². The predicted molar refractivity (Wildman–Crippen MR) is 68.7 cm³/mol. The van der Waals surface area contributed by atoms with Crippen molar-refractivity contribution in [2.75, 3.05) is 0 Å². The lowest BCUT2D eigenvalue weighted by molar-refractivity contribution is -0.0497. The third-order valence-corrected chi connectivity index (χ3v) is 3.05. The van der Waals surface area contributed by atoms with Gasteiger partial charge >= 0.3 is 6.61 Å². The Balaban J connectivity index is 1.96. The summed E-state index contributed by atoms with van der Waals surface area (Å²) in [5.74, 6) is 0.923. The number of alkyl halides is 2. The van der Waals surface area contributed by atoms with Crippen molar-refractivity contribution in [1.82, 2.24) is 19.1 Å². The van der Waals surface area contributed by atoms with Crippen LogP contribution in [0.5, 0.6) is 5.75 Å². The molecule has 0 spiro atoms. The van der Waals surface area contributed by atoms with E-state index in [2.05, 4.69) is 14.7 Å². The molecule has 0 atom stereocenters. The highest BCUT2D eigenvalue weighted by atomic mass is 19.3. The van der Waals surface area contributed by atoms with Gasteiger partial charge in [-0.2, -0.15) is 8.78 Å². The van der Waals surface area contributed by atoms with E-state index < -0.39 is 6.61 Å². The van der Waals surface area contributed by atoms with Crippen LogP contribution in [0.3, 0.4) is 0 Å². The lowest BCUT2D eigenvalue weighted by Crippen LogP contribution is -2.04. The normalized spacial score (nSPS) is 11.4. The van der Waals surface area contributed by atoms with Crippen LogP contribution >= 0.6 is 0 Å². The number of ether oxygens (including phenoxy) is 1. The summed E-state index contributed by atoms with van der Waals surface area (Å²) in [5.41, 5.74) is 1.49. The SMILES string of the molecule is Cn1c(Cn2ccnc2)nc2cc(OC(F)F)ccc21. The molecule has 0 amide bonds. The van der Waals surface area contributed by atoms with Crippen molar-refractivity contribution < 1.29 is 13.5 Å². The molecule has 7 heteroatoms. The summed E-state index contributed by atoms with van der Waals surface area (Å²) in [5, 5.41) is 0. The molecular formula is C13H12F2N4O. The van der Waals surface area contributed by atoms with E-state index in [9.17, 15) is 8.78 Å². The summed E-state index contributed by atoms with van der Waals surface area (Å²) in [4.78, 5) is 8.42. The lowest BCUT2D eigenvalue weighted by Gasteiger charge is -2.04. The molecular weight excluding hydrogens is 266 g/mol.